The van der Waals surface area contributed by atoms with E-state index in [9.17, 15) is 9.59 Å². The summed E-state index contributed by atoms with van der Waals surface area (Å²) in [7, 11) is 3.12. The number of ketones is 1. The minimum atomic E-state index is -1.04. The van der Waals surface area contributed by atoms with Crippen LogP contribution in [0.1, 0.15) is 27.6 Å². The van der Waals surface area contributed by atoms with Crippen LogP contribution in [0.2, 0.25) is 0 Å². The molecule has 1 aliphatic heterocycles. The Morgan fingerprint density at radius 3 is 2.41 bits per heavy atom. The summed E-state index contributed by atoms with van der Waals surface area (Å²) in [6, 6.07) is 18.8. The summed E-state index contributed by atoms with van der Waals surface area (Å²) in [5.41, 5.74) is 1.80. The third kappa shape index (κ3) is 6.80. The summed E-state index contributed by atoms with van der Waals surface area (Å²) in [6.07, 6.45) is -1.04. The predicted molar refractivity (Wildman–Crippen MR) is 146 cm³/mol. The molecule has 0 bridgehead atoms. The summed E-state index contributed by atoms with van der Waals surface area (Å²) in [5, 5.41) is 27.1. The number of Topliss-reactive ketones (excluding diaryl/α,β-unsaturated/α-hetero) is 1. The Morgan fingerprint density at radius 2 is 1.77 bits per heavy atom. The molecule has 2 atom stereocenters. The first kappa shape index (κ1) is 27.8. The fourth-order valence-corrected chi connectivity index (χ4v) is 4.92. The Balaban J connectivity index is 1.52. The fourth-order valence-electron chi connectivity index (χ4n) is 3.88. The van der Waals surface area contributed by atoms with E-state index in [1.165, 1.54) is 11.8 Å². The van der Waals surface area contributed by atoms with Crippen LogP contribution in [0, 0.1) is 11.3 Å². The molecule has 4 N–H and O–H groups in total. The van der Waals surface area contributed by atoms with Gasteiger partial charge in [0.2, 0.25) is 6.10 Å². The Bertz CT molecular complexity index is 1330. The third-order valence-corrected chi connectivity index (χ3v) is 6.94. The highest BCUT2D eigenvalue weighted by atomic mass is 32.2. The minimum absolute atomic E-state index is 0.0595. The van der Waals surface area contributed by atoms with Gasteiger partial charge in [0.1, 0.15) is 5.75 Å². The predicted octanol–water partition coefficient (Wildman–Crippen LogP) is 3.08. The summed E-state index contributed by atoms with van der Waals surface area (Å²) >= 11 is 1.41. The minimum Gasteiger partial charge on any atom is -0.493 e. The summed E-state index contributed by atoms with van der Waals surface area (Å²) in [6.45, 7) is 0.351. The number of fused-ring (bicyclic) bond motifs is 1. The van der Waals surface area contributed by atoms with Gasteiger partial charge in [0.05, 0.1) is 44.7 Å². The lowest BCUT2D eigenvalue weighted by Gasteiger charge is -2.22. The van der Waals surface area contributed by atoms with Gasteiger partial charge in [0, 0.05) is 28.6 Å². The number of aliphatic hydroxyl groups is 1. The average Bonchev–Trinajstić information content (AvgIpc) is 3.36. The van der Waals surface area contributed by atoms with E-state index in [1.807, 2.05) is 12.1 Å². The lowest BCUT2D eigenvalue weighted by Crippen LogP contribution is -2.40. The zero-order chi connectivity index (χ0) is 27.8. The highest BCUT2D eigenvalue weighted by Crippen LogP contribution is 2.44. The monoisotopic (exact) mass is 548 g/mol. The van der Waals surface area contributed by atoms with Gasteiger partial charge < -0.3 is 35.3 Å². The van der Waals surface area contributed by atoms with E-state index in [0.29, 0.717) is 40.5 Å². The van der Waals surface area contributed by atoms with Gasteiger partial charge >= 0.3 is 0 Å². The van der Waals surface area contributed by atoms with Crippen LogP contribution in [0.25, 0.3) is 0 Å². The van der Waals surface area contributed by atoms with Crippen LogP contribution in [0.4, 0.5) is 5.69 Å². The lowest BCUT2D eigenvalue weighted by molar-refractivity contribution is -0.128. The number of benzene rings is 3. The second-order valence-electron chi connectivity index (χ2n) is 8.43. The number of nitrogens with one attached hydrogen (secondary N) is 3. The van der Waals surface area contributed by atoms with Gasteiger partial charge in [0.25, 0.3) is 5.91 Å². The molecule has 1 amide bonds. The molecule has 4 rings (SSSR count). The summed E-state index contributed by atoms with van der Waals surface area (Å²) in [4.78, 5) is 26.8. The standard InChI is InChI=1S/C28H28N4O6S/c1-36-23-13-21-25(14-24(23)37-2)39-28(31-21)32-27(35)26(38-20-9-3-17(15-29)4-10-20)19-7-5-18(6-8-19)22(34)16-30-11-12-33/h3-10,13-14,26,28,30-31,33H,11-12,16H2,1-2H3,(H,32,35). The quantitative estimate of drug-likeness (QED) is 0.197. The number of thioether (sulfide) groups is 1. The maximum atomic E-state index is 13.5. The first-order valence-corrected chi connectivity index (χ1v) is 12.9. The van der Waals surface area contributed by atoms with Crippen LogP contribution < -0.4 is 30.2 Å². The van der Waals surface area contributed by atoms with Crippen LogP contribution >= 0.6 is 11.8 Å². The lowest BCUT2D eigenvalue weighted by atomic mass is 10.0. The Morgan fingerprint density at radius 1 is 1.08 bits per heavy atom. The normalized spacial score (nSPS) is 14.4. The summed E-state index contributed by atoms with van der Waals surface area (Å²) < 4.78 is 16.8. The highest BCUT2D eigenvalue weighted by molar-refractivity contribution is 8.00. The number of carbonyl (C=O) groups is 2. The van der Waals surface area contributed by atoms with E-state index in [2.05, 4.69) is 22.0 Å². The average molecular weight is 549 g/mol. The number of hydrogen-bond donors (Lipinski definition) is 4. The van der Waals surface area contributed by atoms with E-state index in [4.69, 9.17) is 24.6 Å². The molecule has 0 aliphatic carbocycles. The largest absolute Gasteiger partial charge is 0.493 e. The molecule has 1 aliphatic rings. The van der Waals surface area contributed by atoms with Crippen molar-refractivity contribution in [3.63, 3.8) is 0 Å². The molecule has 1 heterocycles. The molecule has 3 aromatic rings. The van der Waals surface area contributed by atoms with E-state index in [1.54, 1.807) is 62.8 Å². The van der Waals surface area contributed by atoms with Crippen molar-refractivity contribution < 1.29 is 28.9 Å². The van der Waals surface area contributed by atoms with Crippen LogP contribution in [-0.2, 0) is 4.79 Å². The first-order chi connectivity index (χ1) is 18.9. The van der Waals surface area contributed by atoms with Crippen LogP contribution in [0.3, 0.4) is 0 Å². The van der Waals surface area contributed by atoms with E-state index < -0.39 is 17.5 Å². The third-order valence-electron chi connectivity index (χ3n) is 5.88. The second kappa shape index (κ2) is 13.0. The number of amides is 1. The Labute approximate surface area is 230 Å². The topological polar surface area (TPSA) is 142 Å². The molecule has 0 saturated heterocycles. The van der Waals surface area contributed by atoms with Gasteiger partial charge in [-0.25, -0.2) is 0 Å². The second-order valence-corrected chi connectivity index (χ2v) is 9.58. The van der Waals surface area contributed by atoms with Crippen molar-refractivity contribution in [3.8, 4) is 23.3 Å². The van der Waals surface area contributed by atoms with Crippen molar-refractivity contribution in [2.45, 2.75) is 16.5 Å². The molecule has 39 heavy (non-hydrogen) atoms. The highest BCUT2D eigenvalue weighted by Gasteiger charge is 2.30. The number of anilines is 1. The van der Waals surface area contributed by atoms with Crippen molar-refractivity contribution in [1.29, 1.82) is 5.26 Å². The van der Waals surface area contributed by atoms with Gasteiger partial charge in [-0.15, -0.1) is 0 Å². The number of hydrogen-bond acceptors (Lipinski definition) is 10. The molecule has 0 saturated carbocycles. The van der Waals surface area contributed by atoms with Crippen LogP contribution in [0.5, 0.6) is 17.2 Å². The zero-order valence-corrected chi connectivity index (χ0v) is 22.2. The zero-order valence-electron chi connectivity index (χ0n) is 21.4. The maximum absolute atomic E-state index is 13.5. The number of carbonyl (C=O) groups excluding carboxylic acids is 2. The molecule has 3 aromatic carbocycles. The van der Waals surface area contributed by atoms with Gasteiger partial charge in [-0.05, 0) is 30.3 Å². The van der Waals surface area contributed by atoms with Crippen LogP contribution in [-0.4, -0.2) is 56.2 Å². The molecule has 202 valence electrons. The van der Waals surface area contributed by atoms with Crippen molar-refractivity contribution in [1.82, 2.24) is 10.6 Å². The van der Waals surface area contributed by atoms with E-state index >= 15 is 0 Å². The van der Waals surface area contributed by atoms with Gasteiger partial charge in [-0.1, -0.05) is 36.0 Å². The van der Waals surface area contributed by atoms with Crippen molar-refractivity contribution in [2.24, 2.45) is 0 Å². The number of nitriles is 1. The van der Waals surface area contributed by atoms with E-state index in [-0.39, 0.29) is 18.9 Å². The fraction of sp³-hybridized carbons (Fsp3) is 0.250. The molecular weight excluding hydrogens is 520 g/mol. The van der Waals surface area contributed by atoms with Crippen LogP contribution in [0.15, 0.2) is 65.6 Å². The van der Waals surface area contributed by atoms with Gasteiger partial charge in [-0.3, -0.25) is 9.59 Å². The number of rotatable bonds is 12. The molecule has 0 fully saturated rings. The number of ether oxygens (including phenoxy) is 3. The molecule has 0 spiro atoms. The van der Waals surface area contributed by atoms with Gasteiger partial charge in [0.15, 0.2) is 22.8 Å². The number of aliphatic hydroxyl groups excluding tert-OH is 1. The smallest absolute Gasteiger partial charge is 0.268 e. The van der Waals surface area contributed by atoms with E-state index in [0.717, 1.165) is 10.6 Å². The Hall–Kier alpha value is -4.24. The SMILES string of the molecule is COc1cc2c(cc1OC)SC(NC(=O)C(Oc1ccc(C#N)cc1)c1ccc(C(=O)CNCCO)cc1)N2. The van der Waals surface area contributed by atoms with Gasteiger partial charge in [-0.2, -0.15) is 5.26 Å². The summed E-state index contributed by atoms with van der Waals surface area (Å²) in [5.74, 6) is 1.02. The molecule has 2 unspecified atom stereocenters. The maximum Gasteiger partial charge on any atom is 0.268 e. The molecule has 0 aromatic heterocycles. The Kier molecular flexibility index (Phi) is 9.27. The molecule has 11 heteroatoms. The van der Waals surface area contributed by atoms with Crippen molar-refractivity contribution in [3.05, 3.63) is 77.4 Å². The molecular formula is C28H28N4O6S. The van der Waals surface area contributed by atoms with Crippen molar-refractivity contribution in [2.75, 3.05) is 39.2 Å². The van der Waals surface area contributed by atoms with Crippen molar-refractivity contribution >= 4 is 29.1 Å². The number of methoxy groups -OCH3 is 2. The molecule has 0 radical (unpaired) electrons. The number of nitrogens with zero attached hydrogens (tertiary/aromatic N) is 1. The first-order valence-electron chi connectivity index (χ1n) is 12.1. The molecule has 10 nitrogen and oxygen atoms in total.